The molecule has 0 aromatic rings. The van der Waals surface area contributed by atoms with Crippen LogP contribution in [0.3, 0.4) is 0 Å². The molecular weight excluding hydrogens is 250 g/mol. The Morgan fingerprint density at radius 2 is 1.93 bits per heavy atom. The van der Waals surface area contributed by atoms with Crippen LogP contribution in [0.2, 0.25) is 0 Å². The van der Waals surface area contributed by atoms with Crippen molar-refractivity contribution in [2.45, 2.75) is 30.9 Å². The SMILES string of the molecule is CSCC(C)(C)S(=O)(=O)CCSC(C)N. The van der Waals surface area contributed by atoms with Crippen molar-refractivity contribution in [3.8, 4) is 0 Å². The molecule has 0 fully saturated rings. The molecule has 0 aromatic heterocycles. The van der Waals surface area contributed by atoms with Crippen molar-refractivity contribution in [2.75, 3.05) is 23.5 Å². The Labute approximate surface area is 102 Å². The Morgan fingerprint density at radius 1 is 1.40 bits per heavy atom. The van der Waals surface area contributed by atoms with Crippen LogP contribution in [0.25, 0.3) is 0 Å². The van der Waals surface area contributed by atoms with Crippen molar-refractivity contribution in [1.29, 1.82) is 0 Å². The highest BCUT2D eigenvalue weighted by molar-refractivity contribution is 8.02. The van der Waals surface area contributed by atoms with Gasteiger partial charge in [-0.2, -0.15) is 11.8 Å². The highest BCUT2D eigenvalue weighted by Gasteiger charge is 2.33. The minimum Gasteiger partial charge on any atom is -0.320 e. The van der Waals surface area contributed by atoms with Gasteiger partial charge in [0.25, 0.3) is 0 Å². The Kier molecular flexibility index (Phi) is 6.63. The lowest BCUT2D eigenvalue weighted by Gasteiger charge is -2.23. The van der Waals surface area contributed by atoms with E-state index in [4.69, 9.17) is 5.73 Å². The second-order valence-corrected chi connectivity index (χ2v) is 9.18. The summed E-state index contributed by atoms with van der Waals surface area (Å²) in [6, 6.07) is 0. The third-order valence-corrected chi connectivity index (χ3v) is 7.05. The molecule has 1 unspecified atom stereocenters. The molecule has 2 N–H and O–H groups in total. The molecule has 0 aliphatic rings. The Hall–Kier alpha value is 0.610. The molecule has 0 spiro atoms. The van der Waals surface area contributed by atoms with Gasteiger partial charge in [-0.05, 0) is 27.0 Å². The van der Waals surface area contributed by atoms with Gasteiger partial charge < -0.3 is 5.73 Å². The summed E-state index contributed by atoms with van der Waals surface area (Å²) in [5.41, 5.74) is 5.55. The van der Waals surface area contributed by atoms with Crippen LogP contribution in [0.1, 0.15) is 20.8 Å². The molecule has 0 aromatic carbocycles. The number of rotatable bonds is 7. The second kappa shape index (κ2) is 6.37. The van der Waals surface area contributed by atoms with E-state index in [9.17, 15) is 8.42 Å². The fraction of sp³-hybridized carbons (Fsp3) is 1.00. The van der Waals surface area contributed by atoms with Crippen LogP contribution in [0.5, 0.6) is 0 Å². The lowest BCUT2D eigenvalue weighted by molar-refractivity contribution is 0.564. The quantitative estimate of drug-likeness (QED) is 0.712. The van der Waals surface area contributed by atoms with E-state index in [0.29, 0.717) is 11.5 Å². The first kappa shape index (κ1) is 15.6. The molecule has 1 atom stereocenters. The number of hydrogen-bond acceptors (Lipinski definition) is 5. The van der Waals surface area contributed by atoms with Crippen molar-refractivity contribution >= 4 is 33.4 Å². The van der Waals surface area contributed by atoms with E-state index < -0.39 is 14.6 Å². The molecule has 0 bridgehead atoms. The van der Waals surface area contributed by atoms with Crippen molar-refractivity contribution < 1.29 is 8.42 Å². The summed E-state index contributed by atoms with van der Waals surface area (Å²) in [7, 11) is -3.01. The normalized spacial score (nSPS) is 15.3. The fourth-order valence-corrected chi connectivity index (χ4v) is 5.01. The topological polar surface area (TPSA) is 60.2 Å². The van der Waals surface area contributed by atoms with E-state index in [1.165, 1.54) is 11.8 Å². The molecule has 0 rings (SSSR count). The van der Waals surface area contributed by atoms with E-state index in [1.807, 2.05) is 13.2 Å². The van der Waals surface area contributed by atoms with Gasteiger partial charge in [-0.1, -0.05) is 0 Å². The maximum Gasteiger partial charge on any atom is 0.157 e. The van der Waals surface area contributed by atoms with Gasteiger partial charge in [0.05, 0.1) is 10.5 Å². The first-order valence-corrected chi connectivity index (χ1v) is 8.91. The van der Waals surface area contributed by atoms with Crippen molar-refractivity contribution in [1.82, 2.24) is 0 Å². The average Bonchev–Trinajstić information content (AvgIpc) is 2.02. The molecule has 15 heavy (non-hydrogen) atoms. The first-order valence-electron chi connectivity index (χ1n) is 4.81. The summed E-state index contributed by atoms with van der Waals surface area (Å²) in [4.78, 5) is 0. The largest absolute Gasteiger partial charge is 0.320 e. The van der Waals surface area contributed by atoms with Crippen molar-refractivity contribution in [2.24, 2.45) is 5.73 Å². The zero-order valence-electron chi connectivity index (χ0n) is 9.82. The highest BCUT2D eigenvalue weighted by atomic mass is 32.2. The molecule has 0 aliphatic heterocycles. The van der Waals surface area contributed by atoms with Crippen LogP contribution in [0.4, 0.5) is 0 Å². The Balaban J connectivity index is 4.29. The van der Waals surface area contributed by atoms with Gasteiger partial charge >= 0.3 is 0 Å². The lowest BCUT2D eigenvalue weighted by atomic mass is 10.2. The van der Waals surface area contributed by atoms with Crippen LogP contribution >= 0.6 is 23.5 Å². The number of nitrogens with two attached hydrogens (primary N) is 1. The summed E-state index contributed by atoms with van der Waals surface area (Å²) in [6.45, 7) is 5.44. The molecule has 3 nitrogen and oxygen atoms in total. The summed E-state index contributed by atoms with van der Waals surface area (Å²) < 4.78 is 23.3. The lowest BCUT2D eigenvalue weighted by Crippen LogP contribution is -2.37. The van der Waals surface area contributed by atoms with Crippen LogP contribution in [0.15, 0.2) is 0 Å². The van der Waals surface area contributed by atoms with Crippen LogP contribution < -0.4 is 5.73 Å². The Morgan fingerprint density at radius 3 is 2.33 bits per heavy atom. The highest BCUT2D eigenvalue weighted by Crippen LogP contribution is 2.22. The molecule has 0 aliphatic carbocycles. The molecule has 0 saturated carbocycles. The van der Waals surface area contributed by atoms with Gasteiger partial charge in [0, 0.05) is 16.9 Å². The van der Waals surface area contributed by atoms with E-state index >= 15 is 0 Å². The molecule has 0 heterocycles. The molecule has 0 radical (unpaired) electrons. The van der Waals surface area contributed by atoms with Gasteiger partial charge in [0.1, 0.15) is 0 Å². The van der Waals surface area contributed by atoms with Crippen LogP contribution in [-0.2, 0) is 9.84 Å². The van der Waals surface area contributed by atoms with E-state index in [1.54, 1.807) is 25.6 Å². The zero-order chi connectivity index (χ0) is 12.1. The predicted octanol–water partition coefficient (Wildman–Crippen LogP) is 1.58. The molecule has 6 heteroatoms. The van der Waals surface area contributed by atoms with E-state index in [-0.39, 0.29) is 11.1 Å². The fourth-order valence-electron chi connectivity index (χ4n) is 1.06. The minimum absolute atomic E-state index is 0.00358. The number of thioether (sulfide) groups is 2. The molecule has 0 saturated heterocycles. The summed E-state index contributed by atoms with van der Waals surface area (Å²) >= 11 is 3.05. The van der Waals surface area contributed by atoms with Gasteiger partial charge in [-0.25, -0.2) is 8.42 Å². The monoisotopic (exact) mass is 271 g/mol. The summed E-state index contributed by atoms with van der Waals surface area (Å²) in [5, 5.41) is 0.00358. The standard InChI is InChI=1S/C9H21NO2S3/c1-8(10)14-5-6-15(11,12)9(2,3)7-13-4/h8H,5-7,10H2,1-4H3. The average molecular weight is 271 g/mol. The first-order chi connectivity index (χ1) is 6.73. The van der Waals surface area contributed by atoms with Crippen LogP contribution in [0, 0.1) is 0 Å². The summed E-state index contributed by atoms with van der Waals surface area (Å²) in [6.07, 6.45) is 1.92. The van der Waals surface area contributed by atoms with E-state index in [0.717, 1.165) is 0 Å². The smallest absolute Gasteiger partial charge is 0.157 e. The summed E-state index contributed by atoms with van der Waals surface area (Å²) in [5.74, 6) is 1.43. The third-order valence-electron chi connectivity index (χ3n) is 2.07. The maximum absolute atomic E-state index is 12.0. The van der Waals surface area contributed by atoms with Gasteiger partial charge in [0.2, 0.25) is 0 Å². The maximum atomic E-state index is 12.0. The zero-order valence-corrected chi connectivity index (χ0v) is 12.3. The molecule has 0 amide bonds. The van der Waals surface area contributed by atoms with E-state index in [2.05, 4.69) is 0 Å². The van der Waals surface area contributed by atoms with Gasteiger partial charge in [-0.15, -0.1) is 11.8 Å². The van der Waals surface area contributed by atoms with Crippen LogP contribution in [-0.4, -0.2) is 42.1 Å². The second-order valence-electron chi connectivity index (χ2n) is 4.09. The minimum atomic E-state index is -3.01. The number of sulfone groups is 1. The Bertz CT molecular complexity index is 273. The third kappa shape index (κ3) is 5.47. The van der Waals surface area contributed by atoms with Gasteiger partial charge in [0.15, 0.2) is 9.84 Å². The van der Waals surface area contributed by atoms with Gasteiger partial charge in [-0.3, -0.25) is 0 Å². The predicted molar refractivity (Wildman–Crippen MR) is 72.4 cm³/mol. The molecule has 92 valence electrons. The van der Waals surface area contributed by atoms with Crippen molar-refractivity contribution in [3.05, 3.63) is 0 Å². The number of hydrogen-bond donors (Lipinski definition) is 1. The van der Waals surface area contributed by atoms with Crippen molar-refractivity contribution in [3.63, 3.8) is 0 Å². The molecular formula is C9H21NO2S3.